The van der Waals surface area contributed by atoms with Crippen LogP contribution in [0.2, 0.25) is 0 Å². The van der Waals surface area contributed by atoms with Crippen molar-refractivity contribution in [1.82, 2.24) is 20.0 Å². The Hall–Kier alpha value is -3.74. The molecular formula is C19H15N5O2. The highest BCUT2D eigenvalue weighted by Gasteiger charge is 2.09. The SMILES string of the molecule is O=C(Cn1nc(-c2ccccc2)ccc1=O)Nc1ccc2cn[nH]c2c1. The number of carbonyl (C=O) groups is 1. The number of aromatic amines is 1. The fourth-order valence-electron chi connectivity index (χ4n) is 2.68. The summed E-state index contributed by atoms with van der Waals surface area (Å²) in [5, 5.41) is 14.8. The van der Waals surface area contributed by atoms with Crippen molar-refractivity contribution in [2.45, 2.75) is 6.54 Å². The van der Waals surface area contributed by atoms with Gasteiger partial charge >= 0.3 is 0 Å². The minimum absolute atomic E-state index is 0.166. The lowest BCUT2D eigenvalue weighted by molar-refractivity contribution is -0.117. The normalized spacial score (nSPS) is 10.8. The van der Waals surface area contributed by atoms with Crippen LogP contribution in [-0.2, 0) is 11.3 Å². The van der Waals surface area contributed by atoms with Gasteiger partial charge in [0.05, 0.1) is 17.4 Å². The number of amides is 1. The second-order valence-electron chi connectivity index (χ2n) is 5.80. The number of nitrogens with one attached hydrogen (secondary N) is 2. The summed E-state index contributed by atoms with van der Waals surface area (Å²) in [6.07, 6.45) is 1.71. The first kappa shape index (κ1) is 15.8. The zero-order valence-electron chi connectivity index (χ0n) is 13.7. The number of benzene rings is 2. The van der Waals surface area contributed by atoms with Crippen LogP contribution in [-0.4, -0.2) is 25.9 Å². The summed E-state index contributed by atoms with van der Waals surface area (Å²) in [5.74, 6) is -0.330. The third-order valence-corrected chi connectivity index (χ3v) is 3.96. The summed E-state index contributed by atoms with van der Waals surface area (Å²) in [4.78, 5) is 24.4. The van der Waals surface area contributed by atoms with Crippen LogP contribution >= 0.6 is 0 Å². The lowest BCUT2D eigenvalue weighted by atomic mass is 10.1. The molecule has 2 aromatic heterocycles. The zero-order chi connectivity index (χ0) is 17.9. The van der Waals surface area contributed by atoms with E-state index in [1.54, 1.807) is 24.4 Å². The monoisotopic (exact) mass is 345 g/mol. The predicted molar refractivity (Wildman–Crippen MR) is 98.7 cm³/mol. The number of H-pyrrole nitrogens is 1. The number of fused-ring (bicyclic) bond motifs is 1. The van der Waals surface area contributed by atoms with Crippen molar-refractivity contribution < 1.29 is 4.79 Å². The molecule has 0 spiro atoms. The van der Waals surface area contributed by atoms with E-state index in [-0.39, 0.29) is 18.0 Å². The molecule has 128 valence electrons. The molecule has 0 unspecified atom stereocenters. The first-order valence-electron chi connectivity index (χ1n) is 8.06. The molecule has 7 heteroatoms. The van der Waals surface area contributed by atoms with Crippen LogP contribution in [0.5, 0.6) is 0 Å². The molecular weight excluding hydrogens is 330 g/mol. The van der Waals surface area contributed by atoms with Gasteiger partial charge in [-0.15, -0.1) is 0 Å². The van der Waals surface area contributed by atoms with E-state index in [1.807, 2.05) is 36.4 Å². The first-order chi connectivity index (χ1) is 12.7. The quantitative estimate of drug-likeness (QED) is 0.594. The summed E-state index contributed by atoms with van der Waals surface area (Å²) < 4.78 is 1.16. The third-order valence-electron chi connectivity index (χ3n) is 3.96. The summed E-state index contributed by atoms with van der Waals surface area (Å²) in [7, 11) is 0. The lowest BCUT2D eigenvalue weighted by Gasteiger charge is -2.08. The number of rotatable bonds is 4. The molecule has 2 aromatic carbocycles. The summed E-state index contributed by atoms with van der Waals surface area (Å²) >= 11 is 0. The largest absolute Gasteiger partial charge is 0.324 e. The lowest BCUT2D eigenvalue weighted by Crippen LogP contribution is -2.29. The van der Waals surface area contributed by atoms with Crippen LogP contribution in [0.3, 0.4) is 0 Å². The van der Waals surface area contributed by atoms with E-state index in [1.165, 1.54) is 6.07 Å². The highest BCUT2D eigenvalue weighted by Crippen LogP contribution is 2.17. The Labute approximate surface area is 148 Å². The Morgan fingerprint density at radius 2 is 1.92 bits per heavy atom. The molecule has 0 radical (unpaired) electrons. The minimum atomic E-state index is -0.330. The molecule has 0 aliphatic heterocycles. The Balaban J connectivity index is 1.54. The van der Waals surface area contributed by atoms with E-state index < -0.39 is 0 Å². The smallest absolute Gasteiger partial charge is 0.267 e. The van der Waals surface area contributed by atoms with Crippen molar-refractivity contribution in [2.24, 2.45) is 0 Å². The van der Waals surface area contributed by atoms with Crippen LogP contribution in [0.1, 0.15) is 0 Å². The van der Waals surface area contributed by atoms with E-state index in [9.17, 15) is 9.59 Å². The maximum Gasteiger partial charge on any atom is 0.267 e. The van der Waals surface area contributed by atoms with Crippen molar-refractivity contribution in [2.75, 3.05) is 5.32 Å². The van der Waals surface area contributed by atoms with Gasteiger partial charge in [0.1, 0.15) is 6.54 Å². The molecule has 0 aliphatic carbocycles. The summed E-state index contributed by atoms with van der Waals surface area (Å²) in [5.41, 5.74) is 2.63. The molecule has 0 bridgehead atoms. The molecule has 4 aromatic rings. The van der Waals surface area contributed by atoms with Gasteiger partial charge < -0.3 is 5.32 Å². The maximum atomic E-state index is 12.3. The van der Waals surface area contributed by atoms with Gasteiger partial charge in [0.15, 0.2) is 0 Å². The zero-order valence-corrected chi connectivity index (χ0v) is 13.7. The standard InChI is InChI=1S/C19H15N5O2/c25-18(21-15-7-6-14-11-20-22-17(14)10-15)12-24-19(26)9-8-16(23-24)13-4-2-1-3-5-13/h1-11H,12H2,(H,20,22)(H,21,25). The molecule has 0 fully saturated rings. The second-order valence-corrected chi connectivity index (χ2v) is 5.80. The van der Waals surface area contributed by atoms with E-state index in [2.05, 4.69) is 20.6 Å². The van der Waals surface area contributed by atoms with Crippen LogP contribution in [0, 0.1) is 0 Å². The topological polar surface area (TPSA) is 92.7 Å². The summed E-state index contributed by atoms with van der Waals surface area (Å²) in [6, 6.07) is 18.0. The van der Waals surface area contributed by atoms with Gasteiger partial charge in [0, 0.05) is 22.7 Å². The third kappa shape index (κ3) is 3.23. The molecule has 0 aliphatic rings. The van der Waals surface area contributed by atoms with E-state index >= 15 is 0 Å². The second kappa shape index (κ2) is 6.64. The van der Waals surface area contributed by atoms with Crippen LogP contribution < -0.4 is 10.9 Å². The van der Waals surface area contributed by atoms with Gasteiger partial charge in [-0.1, -0.05) is 30.3 Å². The van der Waals surface area contributed by atoms with Gasteiger partial charge in [0.25, 0.3) is 5.56 Å². The number of nitrogens with zero attached hydrogens (tertiary/aromatic N) is 3. The molecule has 0 atom stereocenters. The Morgan fingerprint density at radius 3 is 2.77 bits per heavy atom. The minimum Gasteiger partial charge on any atom is -0.324 e. The number of hydrogen-bond donors (Lipinski definition) is 2. The average molecular weight is 345 g/mol. The number of hydrogen-bond acceptors (Lipinski definition) is 4. The molecule has 2 heterocycles. The number of anilines is 1. The highest BCUT2D eigenvalue weighted by atomic mass is 16.2. The number of aromatic nitrogens is 4. The first-order valence-corrected chi connectivity index (χ1v) is 8.06. The summed E-state index contributed by atoms with van der Waals surface area (Å²) in [6.45, 7) is -0.166. The Kier molecular flexibility index (Phi) is 4.03. The van der Waals surface area contributed by atoms with Crippen molar-refractivity contribution >= 4 is 22.5 Å². The van der Waals surface area contributed by atoms with Gasteiger partial charge in [-0.25, -0.2) is 4.68 Å². The van der Waals surface area contributed by atoms with Crippen LogP contribution in [0.4, 0.5) is 5.69 Å². The van der Waals surface area contributed by atoms with Crippen LogP contribution in [0.25, 0.3) is 22.2 Å². The van der Waals surface area contributed by atoms with E-state index in [4.69, 9.17) is 0 Å². The number of carbonyl (C=O) groups excluding carboxylic acids is 1. The molecule has 4 rings (SSSR count). The maximum absolute atomic E-state index is 12.3. The van der Waals surface area contributed by atoms with Crippen LogP contribution in [0.15, 0.2) is 71.7 Å². The van der Waals surface area contributed by atoms with Gasteiger partial charge in [-0.2, -0.15) is 10.2 Å². The van der Waals surface area contributed by atoms with Gasteiger partial charge in [-0.3, -0.25) is 14.7 Å². The fourth-order valence-corrected chi connectivity index (χ4v) is 2.68. The average Bonchev–Trinajstić information content (AvgIpc) is 3.12. The molecule has 0 saturated carbocycles. The van der Waals surface area contributed by atoms with Crippen molar-refractivity contribution in [3.05, 3.63) is 77.2 Å². The molecule has 2 N–H and O–H groups in total. The van der Waals surface area contributed by atoms with Crippen molar-refractivity contribution in [3.8, 4) is 11.3 Å². The van der Waals surface area contributed by atoms with Crippen molar-refractivity contribution in [1.29, 1.82) is 0 Å². The van der Waals surface area contributed by atoms with E-state index in [0.29, 0.717) is 11.4 Å². The van der Waals surface area contributed by atoms with Gasteiger partial charge in [-0.05, 0) is 24.3 Å². The van der Waals surface area contributed by atoms with E-state index in [0.717, 1.165) is 21.1 Å². The fraction of sp³-hybridized carbons (Fsp3) is 0.0526. The highest BCUT2D eigenvalue weighted by molar-refractivity contribution is 5.93. The molecule has 7 nitrogen and oxygen atoms in total. The Morgan fingerprint density at radius 1 is 1.08 bits per heavy atom. The molecule has 26 heavy (non-hydrogen) atoms. The molecule has 1 amide bonds. The predicted octanol–water partition coefficient (Wildman–Crippen LogP) is 2.43. The van der Waals surface area contributed by atoms with Crippen molar-refractivity contribution in [3.63, 3.8) is 0 Å². The Bertz CT molecular complexity index is 1130. The van der Waals surface area contributed by atoms with Gasteiger partial charge in [0.2, 0.25) is 5.91 Å². The molecule has 0 saturated heterocycles.